The van der Waals surface area contributed by atoms with Crippen LogP contribution in [0.15, 0.2) is 22.9 Å². The van der Waals surface area contributed by atoms with Crippen LogP contribution in [0.5, 0.6) is 11.5 Å². The first-order chi connectivity index (χ1) is 22.4. The lowest BCUT2D eigenvalue weighted by atomic mass is 9.31. The largest absolute Gasteiger partial charge is 0.425 e. The van der Waals surface area contributed by atoms with Gasteiger partial charge in [0.1, 0.15) is 23.1 Å². The summed E-state index contributed by atoms with van der Waals surface area (Å²) in [6.07, 6.45) is 2.91. The second-order valence-electron chi connectivity index (χ2n) is 14.3. The van der Waals surface area contributed by atoms with Crippen LogP contribution in [-0.4, -0.2) is 35.3 Å². The van der Waals surface area contributed by atoms with Crippen molar-refractivity contribution >= 4 is 89.6 Å². The molecule has 10 heteroatoms. The number of alkyl halides is 2. The van der Waals surface area contributed by atoms with E-state index in [9.17, 15) is 19.2 Å². The minimum Gasteiger partial charge on any atom is -0.425 e. The zero-order valence-corrected chi connectivity index (χ0v) is 29.7. The molecule has 47 heavy (non-hydrogen) atoms. The molecule has 9 rings (SSSR count). The van der Waals surface area contributed by atoms with E-state index in [-0.39, 0.29) is 35.2 Å². The van der Waals surface area contributed by atoms with Gasteiger partial charge >= 0.3 is 11.9 Å². The molecule has 2 aromatic heterocycles. The molecule has 2 unspecified atom stereocenters. The van der Waals surface area contributed by atoms with Crippen molar-refractivity contribution in [1.82, 2.24) is 0 Å². The minimum absolute atomic E-state index is 0.0250. The Morgan fingerprint density at radius 3 is 1.45 bits per heavy atom. The summed E-state index contributed by atoms with van der Waals surface area (Å²) in [5.41, 5.74) is 5.17. The van der Waals surface area contributed by atoms with Crippen LogP contribution in [0.25, 0.3) is 20.2 Å². The Balaban J connectivity index is 1.10. The van der Waals surface area contributed by atoms with Crippen molar-refractivity contribution < 1.29 is 28.7 Å². The fourth-order valence-corrected chi connectivity index (χ4v) is 12.2. The van der Waals surface area contributed by atoms with Crippen molar-refractivity contribution in [3.63, 3.8) is 0 Å². The molecule has 3 saturated carbocycles. The highest BCUT2D eigenvalue weighted by Gasteiger charge is 2.75. The third-order valence-electron chi connectivity index (χ3n) is 11.3. The number of benzene rings is 2. The SMILES string of the molecule is CC(=O)Oc1cc2c(c3c(C)csc13)[C@@H](CCl)CC2C(=O)C12CC(C(=O)C3C[C@H](CCl)c4c3cc(OC(C)=O)c3scc(C)c43)(C1)C2. The van der Waals surface area contributed by atoms with E-state index >= 15 is 0 Å². The van der Waals surface area contributed by atoms with Crippen LogP contribution in [0.4, 0.5) is 0 Å². The van der Waals surface area contributed by atoms with Crippen molar-refractivity contribution in [1.29, 1.82) is 0 Å². The lowest BCUT2D eigenvalue weighted by Gasteiger charge is -2.69. The number of fused-ring (bicyclic) bond motifs is 6. The molecule has 4 atom stereocenters. The van der Waals surface area contributed by atoms with Crippen molar-refractivity contribution in [2.75, 3.05) is 11.8 Å². The van der Waals surface area contributed by atoms with Crippen molar-refractivity contribution in [3.05, 3.63) is 56.3 Å². The van der Waals surface area contributed by atoms with Gasteiger partial charge in [0.15, 0.2) is 0 Å². The third kappa shape index (κ3) is 4.40. The van der Waals surface area contributed by atoms with Gasteiger partial charge in [0, 0.05) is 59.0 Å². The maximum absolute atomic E-state index is 14.5. The van der Waals surface area contributed by atoms with Crippen LogP contribution in [0.1, 0.15) is 103 Å². The molecule has 3 fully saturated rings. The van der Waals surface area contributed by atoms with Crippen LogP contribution in [0.2, 0.25) is 0 Å². The second kappa shape index (κ2) is 10.9. The third-order valence-corrected chi connectivity index (χ3v) is 14.3. The first-order valence-corrected chi connectivity index (χ1v) is 18.9. The number of thiophene rings is 2. The topological polar surface area (TPSA) is 86.7 Å². The molecular weight excluding hydrogens is 675 g/mol. The van der Waals surface area contributed by atoms with Gasteiger partial charge in [-0.3, -0.25) is 19.2 Å². The summed E-state index contributed by atoms with van der Waals surface area (Å²) in [6.45, 7) is 6.87. The summed E-state index contributed by atoms with van der Waals surface area (Å²) in [5, 5.41) is 6.21. The van der Waals surface area contributed by atoms with Gasteiger partial charge in [-0.15, -0.1) is 45.9 Å². The first-order valence-electron chi connectivity index (χ1n) is 16.1. The van der Waals surface area contributed by atoms with Gasteiger partial charge in [-0.2, -0.15) is 0 Å². The van der Waals surface area contributed by atoms with Crippen molar-refractivity contribution in [2.24, 2.45) is 10.8 Å². The second-order valence-corrected chi connectivity index (χ2v) is 16.7. The Morgan fingerprint density at radius 1 is 0.723 bits per heavy atom. The number of hydrogen-bond acceptors (Lipinski definition) is 8. The summed E-state index contributed by atoms with van der Waals surface area (Å²) in [7, 11) is 0. The van der Waals surface area contributed by atoms with Gasteiger partial charge < -0.3 is 9.47 Å². The van der Waals surface area contributed by atoms with Crippen molar-refractivity contribution in [2.45, 2.75) is 83.5 Å². The molecule has 0 aliphatic heterocycles. The summed E-state index contributed by atoms with van der Waals surface area (Å²) in [6, 6.07) is 3.79. The molecule has 2 heterocycles. The normalized spacial score (nSPS) is 28.5. The summed E-state index contributed by atoms with van der Waals surface area (Å²) < 4.78 is 13.1. The van der Waals surface area contributed by atoms with Crippen LogP contribution in [0.3, 0.4) is 0 Å². The van der Waals surface area contributed by atoms with E-state index in [4.69, 9.17) is 32.7 Å². The zero-order valence-electron chi connectivity index (χ0n) is 26.6. The number of rotatable bonds is 8. The standard InChI is InChI=1S/C37H34Cl2O6S2/c1-16-11-46-32-26(44-18(3)40)7-22-24(5-20(9-38)30(22)28(16)32)34(42)36-13-37(14-36,15-36)35(43)25-6-21(10-39)31-23(25)8-27(45-19(4)41)33-29(31)17(2)12-47-33/h7-8,11-12,20-21,24-25H,5-6,9-10,13-15H2,1-4H3/t20-,21-,24?,25?,36?,37?/m1/s1. The number of halogens is 2. The fraction of sp³-hybridized carbons (Fsp3) is 0.459. The highest BCUT2D eigenvalue weighted by atomic mass is 35.5. The maximum Gasteiger partial charge on any atom is 0.308 e. The predicted octanol–water partition coefficient (Wildman–Crippen LogP) is 9.21. The minimum atomic E-state index is -0.525. The molecule has 5 aliphatic rings. The molecule has 0 amide bonds. The van der Waals surface area contributed by atoms with E-state index in [1.807, 2.05) is 26.0 Å². The Morgan fingerprint density at radius 2 is 1.11 bits per heavy atom. The van der Waals surface area contributed by atoms with Gasteiger partial charge in [0.2, 0.25) is 0 Å². The van der Waals surface area contributed by atoms with Gasteiger partial charge in [-0.1, -0.05) is 0 Å². The number of carbonyl (C=O) groups excluding carboxylic acids is 4. The molecule has 0 N–H and O–H groups in total. The average molecular weight is 710 g/mol. The van der Waals surface area contributed by atoms with E-state index in [2.05, 4.69) is 10.8 Å². The maximum atomic E-state index is 14.5. The molecule has 4 aromatic rings. The highest BCUT2D eigenvalue weighted by Crippen LogP contribution is 2.77. The smallest absolute Gasteiger partial charge is 0.308 e. The zero-order chi connectivity index (χ0) is 33.2. The average Bonchev–Trinajstić information content (AvgIpc) is 3.74. The van der Waals surface area contributed by atoms with E-state index < -0.39 is 22.8 Å². The number of ketones is 2. The van der Waals surface area contributed by atoms with Crippen LogP contribution >= 0.6 is 45.9 Å². The van der Waals surface area contributed by atoms with Gasteiger partial charge in [0.25, 0.3) is 0 Å². The van der Waals surface area contributed by atoms with Crippen molar-refractivity contribution in [3.8, 4) is 11.5 Å². The van der Waals surface area contributed by atoms with E-state index in [1.165, 1.54) is 13.8 Å². The Kier molecular flexibility index (Phi) is 7.28. The number of carbonyl (C=O) groups is 4. The molecule has 5 aliphatic carbocycles. The van der Waals surface area contributed by atoms with Crippen LogP contribution in [0, 0.1) is 24.7 Å². The number of esters is 2. The van der Waals surface area contributed by atoms with Gasteiger partial charge in [-0.05, 0) is 114 Å². The fourth-order valence-electron chi connectivity index (χ4n) is 9.58. The Hall–Kier alpha value is -2.78. The molecule has 0 spiro atoms. The predicted molar refractivity (Wildman–Crippen MR) is 186 cm³/mol. The molecule has 2 bridgehead atoms. The lowest BCUT2D eigenvalue weighted by molar-refractivity contribution is -0.207. The number of hydrogen-bond donors (Lipinski definition) is 0. The molecule has 0 saturated heterocycles. The van der Waals surface area contributed by atoms with E-state index in [0.29, 0.717) is 55.4 Å². The Labute approximate surface area is 290 Å². The quantitative estimate of drug-likeness (QED) is 0.103. The van der Waals surface area contributed by atoms with Gasteiger partial charge in [-0.25, -0.2) is 0 Å². The summed E-state index contributed by atoms with van der Waals surface area (Å²) in [4.78, 5) is 53.0. The van der Waals surface area contributed by atoms with E-state index in [0.717, 1.165) is 53.6 Å². The summed E-state index contributed by atoms with van der Waals surface area (Å²) >= 11 is 16.1. The molecule has 0 radical (unpaired) electrons. The lowest BCUT2D eigenvalue weighted by Crippen LogP contribution is -2.69. The monoisotopic (exact) mass is 708 g/mol. The van der Waals surface area contributed by atoms with E-state index in [1.54, 1.807) is 22.7 Å². The molecule has 6 nitrogen and oxygen atoms in total. The summed E-state index contributed by atoms with van der Waals surface area (Å²) in [5.74, 6) is 0.713. The van der Waals surface area contributed by atoms with Crippen LogP contribution < -0.4 is 9.47 Å². The molecule has 2 aromatic carbocycles. The number of ether oxygens (including phenoxy) is 2. The number of aryl methyl sites for hydroxylation is 2. The van der Waals surface area contributed by atoms with Crippen LogP contribution in [-0.2, 0) is 19.2 Å². The Bertz CT molecular complexity index is 1910. The molecular formula is C37H34Cl2O6S2. The van der Waals surface area contributed by atoms with Gasteiger partial charge in [0.05, 0.1) is 9.40 Å². The first kappa shape index (κ1) is 31.5. The number of Topliss-reactive ketones (excluding diaryl/α,β-unsaturated/α-hetero) is 2. The molecule has 244 valence electrons. The highest BCUT2D eigenvalue weighted by molar-refractivity contribution is 7.18.